The molecule has 0 unspecified atom stereocenters. The molecule has 4 fully saturated rings. The average Bonchev–Trinajstić information content (AvgIpc) is 3.33. The van der Waals surface area contributed by atoms with Crippen LogP contribution in [0.3, 0.4) is 0 Å². The fraction of sp³-hybridized carbons (Fsp3) is 0.500. The molecule has 8 heteroatoms. The molecule has 7 nitrogen and oxygen atoms in total. The van der Waals surface area contributed by atoms with Gasteiger partial charge in [-0.1, -0.05) is 6.07 Å². The molecular weight excluding hydrogens is 450 g/mol. The van der Waals surface area contributed by atoms with E-state index < -0.39 is 0 Å². The van der Waals surface area contributed by atoms with Gasteiger partial charge in [-0.2, -0.15) is 0 Å². The van der Waals surface area contributed by atoms with Gasteiger partial charge in [-0.15, -0.1) is 11.3 Å². The highest BCUT2D eigenvalue weighted by atomic mass is 32.1. The summed E-state index contributed by atoms with van der Waals surface area (Å²) < 4.78 is 12.2. The van der Waals surface area contributed by atoms with Gasteiger partial charge >= 0.3 is 0 Å². The Balaban J connectivity index is 1.43. The van der Waals surface area contributed by atoms with Crippen LogP contribution in [0.25, 0.3) is 10.9 Å². The Morgan fingerprint density at radius 3 is 2.35 bits per heavy atom. The first-order chi connectivity index (χ1) is 16.5. The molecule has 0 atom stereocenters. The number of aromatic nitrogens is 2. The molecule has 0 aliphatic heterocycles. The van der Waals surface area contributed by atoms with E-state index in [0.29, 0.717) is 52.4 Å². The van der Waals surface area contributed by atoms with Crippen LogP contribution < -0.4 is 20.5 Å². The second-order valence-corrected chi connectivity index (χ2v) is 11.3. The Labute approximate surface area is 202 Å². The number of nitrogens with one attached hydrogen (secondary N) is 1. The highest BCUT2D eigenvalue weighted by Crippen LogP contribution is 2.60. The van der Waals surface area contributed by atoms with E-state index in [4.69, 9.17) is 14.5 Å². The molecule has 0 saturated heterocycles. The van der Waals surface area contributed by atoms with Gasteiger partial charge in [-0.05, 0) is 73.8 Å². The van der Waals surface area contributed by atoms with Crippen molar-refractivity contribution in [1.29, 1.82) is 0 Å². The van der Waals surface area contributed by atoms with Gasteiger partial charge in [-0.25, -0.2) is 9.66 Å². The van der Waals surface area contributed by atoms with Crippen molar-refractivity contribution in [3.05, 3.63) is 50.7 Å². The van der Waals surface area contributed by atoms with E-state index in [1.165, 1.54) is 31.0 Å². The van der Waals surface area contributed by atoms with E-state index >= 15 is 0 Å². The molecule has 4 bridgehead atoms. The van der Waals surface area contributed by atoms with Crippen molar-refractivity contribution in [2.24, 2.45) is 23.2 Å². The molecule has 1 aromatic carbocycles. The van der Waals surface area contributed by atoms with Gasteiger partial charge in [0.1, 0.15) is 5.82 Å². The Bertz CT molecular complexity index is 1280. The Hall–Kier alpha value is -2.87. The molecule has 3 aromatic rings. The normalized spacial score (nSPS) is 27.2. The third kappa shape index (κ3) is 3.50. The van der Waals surface area contributed by atoms with Crippen LogP contribution in [0.15, 0.2) is 34.4 Å². The lowest BCUT2D eigenvalue weighted by Gasteiger charge is -2.55. The summed E-state index contributed by atoms with van der Waals surface area (Å²) in [6.45, 7) is 0. The molecule has 178 valence electrons. The minimum absolute atomic E-state index is 0.0252. The van der Waals surface area contributed by atoms with Crippen molar-refractivity contribution in [3.63, 3.8) is 0 Å². The molecule has 34 heavy (non-hydrogen) atoms. The van der Waals surface area contributed by atoms with Crippen LogP contribution in [0, 0.1) is 23.2 Å². The van der Waals surface area contributed by atoms with Crippen molar-refractivity contribution in [3.8, 4) is 11.5 Å². The van der Waals surface area contributed by atoms with E-state index in [-0.39, 0.29) is 16.9 Å². The summed E-state index contributed by atoms with van der Waals surface area (Å²) in [5.74, 6) is 3.40. The van der Waals surface area contributed by atoms with E-state index in [1.54, 1.807) is 30.6 Å². The zero-order chi connectivity index (χ0) is 23.4. The third-order valence-corrected chi connectivity index (χ3v) is 8.97. The van der Waals surface area contributed by atoms with Gasteiger partial charge in [-0.3, -0.25) is 15.0 Å². The predicted octanol–water partition coefficient (Wildman–Crippen LogP) is 4.35. The van der Waals surface area contributed by atoms with E-state index in [9.17, 15) is 9.59 Å². The lowest BCUT2D eigenvalue weighted by molar-refractivity contribution is -0.141. The summed E-state index contributed by atoms with van der Waals surface area (Å²) >= 11 is 1.60. The molecule has 2 aromatic heterocycles. The monoisotopic (exact) mass is 479 g/mol. The maximum absolute atomic E-state index is 13.8. The smallest absolute Gasteiger partial charge is 0.280 e. The molecule has 2 heterocycles. The number of fused-ring (bicyclic) bond motifs is 1. The van der Waals surface area contributed by atoms with Crippen molar-refractivity contribution in [1.82, 2.24) is 9.66 Å². The number of hydrogen-bond donors (Lipinski definition) is 1. The number of benzene rings is 1. The maximum atomic E-state index is 13.8. The number of ether oxygens (including phenoxy) is 2. The Morgan fingerprint density at radius 1 is 1.12 bits per heavy atom. The standard InChI is InChI=1S/C26H29N3O4S/c1-32-21-10-19-20(11-22(21)33-2)27-23(9-18-4-3-5-34-18)29(24(19)30)28-25(31)26-12-15-6-16(13-26)8-17(7-15)14-26/h3-5,10-11,15-17H,6-9,12-14H2,1-2H3,(H,28,31). The van der Waals surface area contributed by atoms with Crippen LogP contribution >= 0.6 is 11.3 Å². The van der Waals surface area contributed by atoms with E-state index in [2.05, 4.69) is 5.43 Å². The van der Waals surface area contributed by atoms with Crippen LogP contribution in [0.5, 0.6) is 11.5 Å². The summed E-state index contributed by atoms with van der Waals surface area (Å²) in [7, 11) is 3.10. The SMILES string of the molecule is COc1cc2nc(Cc3cccs3)n(NC(=O)C34CC5CC(CC(C5)C3)C4)c(=O)c2cc1OC. The second kappa shape index (κ2) is 8.12. The summed E-state index contributed by atoms with van der Waals surface area (Å²) in [5, 5.41) is 2.39. The quantitative estimate of drug-likeness (QED) is 0.568. The topological polar surface area (TPSA) is 82.5 Å². The lowest BCUT2D eigenvalue weighted by atomic mass is 9.49. The first-order valence-corrected chi connectivity index (χ1v) is 12.9. The lowest BCUT2D eigenvalue weighted by Crippen LogP contribution is -2.54. The molecule has 4 aliphatic carbocycles. The van der Waals surface area contributed by atoms with Gasteiger partial charge in [0.15, 0.2) is 11.5 Å². The molecule has 7 rings (SSSR count). The molecule has 0 spiro atoms. The van der Waals surface area contributed by atoms with Gasteiger partial charge < -0.3 is 9.47 Å². The van der Waals surface area contributed by atoms with Crippen LogP contribution in [0.1, 0.15) is 49.2 Å². The van der Waals surface area contributed by atoms with Crippen LogP contribution in [0.2, 0.25) is 0 Å². The largest absolute Gasteiger partial charge is 0.493 e. The molecule has 1 N–H and O–H groups in total. The van der Waals surface area contributed by atoms with Crippen LogP contribution in [0.4, 0.5) is 0 Å². The van der Waals surface area contributed by atoms with Gasteiger partial charge in [0, 0.05) is 17.4 Å². The van der Waals surface area contributed by atoms with E-state index in [1.807, 2.05) is 17.5 Å². The van der Waals surface area contributed by atoms with Gasteiger partial charge in [0.2, 0.25) is 5.91 Å². The highest BCUT2D eigenvalue weighted by Gasteiger charge is 2.54. The third-order valence-electron chi connectivity index (χ3n) is 8.09. The van der Waals surface area contributed by atoms with Crippen molar-refractivity contribution >= 4 is 28.1 Å². The number of amides is 1. The Morgan fingerprint density at radius 2 is 1.76 bits per heavy atom. The zero-order valence-electron chi connectivity index (χ0n) is 19.5. The number of carbonyl (C=O) groups is 1. The fourth-order valence-electron chi connectivity index (χ4n) is 6.97. The molecule has 1 amide bonds. The first kappa shape index (κ1) is 21.6. The minimum atomic E-state index is -0.360. The molecule has 4 saturated carbocycles. The summed E-state index contributed by atoms with van der Waals surface area (Å²) in [4.78, 5) is 33.4. The number of rotatable bonds is 6. The van der Waals surface area contributed by atoms with Crippen LogP contribution in [-0.2, 0) is 11.2 Å². The second-order valence-electron chi connectivity index (χ2n) is 10.3. The molecule has 4 aliphatic rings. The minimum Gasteiger partial charge on any atom is -0.493 e. The number of methoxy groups -OCH3 is 2. The summed E-state index contributed by atoms with van der Waals surface area (Å²) in [6.07, 6.45) is 7.04. The van der Waals surface area contributed by atoms with Crippen molar-refractivity contribution < 1.29 is 14.3 Å². The molecule has 0 radical (unpaired) electrons. The predicted molar refractivity (Wildman–Crippen MR) is 131 cm³/mol. The van der Waals surface area contributed by atoms with Gasteiger partial charge in [0.25, 0.3) is 5.56 Å². The summed E-state index contributed by atoms with van der Waals surface area (Å²) in [6, 6.07) is 7.36. The maximum Gasteiger partial charge on any atom is 0.280 e. The van der Waals surface area contributed by atoms with Crippen molar-refractivity contribution in [2.75, 3.05) is 19.6 Å². The number of carbonyl (C=O) groups excluding carboxylic acids is 1. The van der Waals surface area contributed by atoms with E-state index in [0.717, 1.165) is 24.1 Å². The Kier molecular flexibility index (Phi) is 5.17. The zero-order valence-corrected chi connectivity index (χ0v) is 20.3. The fourth-order valence-corrected chi connectivity index (χ4v) is 7.67. The number of nitrogens with zero attached hydrogens (tertiary/aromatic N) is 2. The van der Waals surface area contributed by atoms with Gasteiger partial charge in [0.05, 0.1) is 30.5 Å². The van der Waals surface area contributed by atoms with Crippen LogP contribution in [-0.4, -0.2) is 29.8 Å². The van der Waals surface area contributed by atoms with Crippen molar-refractivity contribution in [2.45, 2.75) is 44.9 Å². The average molecular weight is 480 g/mol. The molecular formula is C26H29N3O4S. The number of hydrogen-bond acceptors (Lipinski definition) is 6. The highest BCUT2D eigenvalue weighted by molar-refractivity contribution is 7.09. The summed E-state index contributed by atoms with van der Waals surface area (Å²) in [5.41, 5.74) is 2.91. The first-order valence-electron chi connectivity index (χ1n) is 12.0. The number of thiophene rings is 1.